The summed E-state index contributed by atoms with van der Waals surface area (Å²) in [5, 5.41) is 12.1. The molecule has 5 nitrogen and oxygen atoms in total. The first-order valence-corrected chi connectivity index (χ1v) is 6.56. The summed E-state index contributed by atoms with van der Waals surface area (Å²) in [6.07, 6.45) is 3.32. The Morgan fingerprint density at radius 2 is 2.06 bits per heavy atom. The first-order chi connectivity index (χ1) is 8.70. The van der Waals surface area contributed by atoms with Crippen molar-refractivity contribution in [1.29, 1.82) is 5.26 Å². The van der Waals surface area contributed by atoms with Gasteiger partial charge >= 0.3 is 0 Å². The Labute approximate surface area is 106 Å². The molecule has 6 heteroatoms. The Morgan fingerprint density at radius 3 is 2.56 bits per heavy atom. The SMILES string of the molecule is N#Cc1ccc(C(Cn2cccn2)[SH](=O)=O)cc1. The fourth-order valence-corrected chi connectivity index (χ4v) is 2.38. The van der Waals surface area contributed by atoms with Gasteiger partial charge in [0.25, 0.3) is 0 Å². The normalized spacial score (nSPS) is 12.2. The molecule has 0 aliphatic rings. The van der Waals surface area contributed by atoms with Gasteiger partial charge in [0, 0.05) is 12.4 Å². The molecule has 0 spiro atoms. The van der Waals surface area contributed by atoms with E-state index in [4.69, 9.17) is 5.26 Å². The van der Waals surface area contributed by atoms with Crippen LogP contribution in [-0.4, -0.2) is 18.2 Å². The van der Waals surface area contributed by atoms with E-state index in [0.29, 0.717) is 11.1 Å². The lowest BCUT2D eigenvalue weighted by Crippen LogP contribution is -2.11. The van der Waals surface area contributed by atoms with Crippen LogP contribution < -0.4 is 0 Å². The molecule has 0 bridgehead atoms. The summed E-state index contributed by atoms with van der Waals surface area (Å²) in [4.78, 5) is 0. The van der Waals surface area contributed by atoms with E-state index in [0.717, 1.165) is 0 Å². The lowest BCUT2D eigenvalue weighted by molar-refractivity contribution is 0.558. The quantitative estimate of drug-likeness (QED) is 0.836. The van der Waals surface area contributed by atoms with Gasteiger partial charge < -0.3 is 0 Å². The standard InChI is InChI=1S/C12H11N3O2S/c13-8-10-2-4-11(5-3-10)12(18(16)17)9-15-7-1-6-14-15/h1-7,12,18H,9H2. The van der Waals surface area contributed by atoms with Gasteiger partial charge in [0.2, 0.25) is 0 Å². The second-order valence-electron chi connectivity index (χ2n) is 3.76. The highest BCUT2D eigenvalue weighted by Gasteiger charge is 2.15. The number of thiol groups is 1. The van der Waals surface area contributed by atoms with Gasteiger partial charge in [-0.25, -0.2) is 8.42 Å². The molecule has 2 rings (SSSR count). The summed E-state index contributed by atoms with van der Waals surface area (Å²) < 4.78 is 24.2. The fraction of sp³-hybridized carbons (Fsp3) is 0.167. The van der Waals surface area contributed by atoms with Gasteiger partial charge in [0.05, 0.1) is 18.2 Å². The maximum absolute atomic E-state index is 11.3. The smallest absolute Gasteiger partial charge is 0.148 e. The van der Waals surface area contributed by atoms with Gasteiger partial charge in [0.15, 0.2) is 0 Å². The zero-order valence-electron chi connectivity index (χ0n) is 9.43. The highest BCUT2D eigenvalue weighted by molar-refractivity contribution is 7.72. The summed E-state index contributed by atoms with van der Waals surface area (Å²) in [6.45, 7) is 0.275. The summed E-state index contributed by atoms with van der Waals surface area (Å²) >= 11 is 0. The molecule has 2 aromatic rings. The Hall–Kier alpha value is -2.13. The predicted octanol–water partition coefficient (Wildman–Crippen LogP) is 1.11. The van der Waals surface area contributed by atoms with Crippen LogP contribution in [-0.2, 0) is 17.2 Å². The third kappa shape index (κ3) is 2.76. The van der Waals surface area contributed by atoms with Crippen LogP contribution in [0, 0.1) is 11.3 Å². The Morgan fingerprint density at radius 1 is 1.33 bits per heavy atom. The van der Waals surface area contributed by atoms with Crippen LogP contribution in [0.5, 0.6) is 0 Å². The number of benzene rings is 1. The van der Waals surface area contributed by atoms with Gasteiger partial charge in [-0.15, -0.1) is 0 Å². The van der Waals surface area contributed by atoms with E-state index < -0.39 is 16.0 Å². The molecule has 1 aromatic carbocycles. The van der Waals surface area contributed by atoms with Crippen molar-refractivity contribution in [3.8, 4) is 6.07 Å². The summed E-state index contributed by atoms with van der Waals surface area (Å²) in [5.74, 6) is 0. The van der Waals surface area contributed by atoms with E-state index in [-0.39, 0.29) is 6.54 Å². The average molecular weight is 261 g/mol. The zero-order valence-corrected chi connectivity index (χ0v) is 10.3. The molecule has 92 valence electrons. The van der Waals surface area contributed by atoms with E-state index >= 15 is 0 Å². The number of hydrogen-bond acceptors (Lipinski definition) is 4. The monoisotopic (exact) mass is 261 g/mol. The Kier molecular flexibility index (Phi) is 3.75. The van der Waals surface area contributed by atoms with Crippen LogP contribution in [0.25, 0.3) is 0 Å². The minimum absolute atomic E-state index is 0.275. The van der Waals surface area contributed by atoms with Gasteiger partial charge in [-0.3, -0.25) is 4.68 Å². The van der Waals surface area contributed by atoms with E-state index in [1.54, 1.807) is 47.4 Å². The van der Waals surface area contributed by atoms with E-state index in [1.165, 1.54) is 0 Å². The average Bonchev–Trinajstić information content (AvgIpc) is 2.89. The van der Waals surface area contributed by atoms with Gasteiger partial charge in [0.1, 0.15) is 16.0 Å². The molecule has 0 amide bonds. The molecule has 0 saturated heterocycles. The minimum atomic E-state index is -2.60. The minimum Gasteiger partial charge on any atom is -0.271 e. The maximum atomic E-state index is 11.3. The molecule has 18 heavy (non-hydrogen) atoms. The number of nitrogens with zero attached hydrogens (tertiary/aromatic N) is 3. The van der Waals surface area contributed by atoms with Gasteiger partial charge in [-0.2, -0.15) is 10.4 Å². The molecule has 1 atom stereocenters. The highest BCUT2D eigenvalue weighted by atomic mass is 32.2. The van der Waals surface area contributed by atoms with Crippen molar-refractivity contribution < 1.29 is 8.42 Å². The maximum Gasteiger partial charge on any atom is 0.148 e. The topological polar surface area (TPSA) is 75.8 Å². The molecular formula is C12H11N3O2S. The Balaban J connectivity index is 2.27. The second-order valence-corrected chi connectivity index (χ2v) is 4.96. The van der Waals surface area contributed by atoms with Crippen molar-refractivity contribution in [2.24, 2.45) is 0 Å². The number of hydrogen-bond donors (Lipinski definition) is 1. The van der Waals surface area contributed by atoms with Crippen molar-refractivity contribution in [1.82, 2.24) is 9.78 Å². The van der Waals surface area contributed by atoms with Crippen LogP contribution in [0.2, 0.25) is 0 Å². The molecular weight excluding hydrogens is 250 g/mol. The number of nitriles is 1. The number of aromatic nitrogens is 2. The zero-order chi connectivity index (χ0) is 13.0. The molecule has 1 unspecified atom stereocenters. The highest BCUT2D eigenvalue weighted by Crippen LogP contribution is 2.19. The molecule has 0 N–H and O–H groups in total. The van der Waals surface area contributed by atoms with Crippen LogP contribution in [0.1, 0.15) is 16.4 Å². The molecule has 0 aliphatic carbocycles. The van der Waals surface area contributed by atoms with Crippen LogP contribution >= 0.6 is 0 Å². The molecule has 0 radical (unpaired) electrons. The third-order valence-electron chi connectivity index (χ3n) is 2.60. The van der Waals surface area contributed by atoms with E-state index in [2.05, 4.69) is 5.10 Å². The van der Waals surface area contributed by atoms with Crippen LogP contribution in [0.3, 0.4) is 0 Å². The predicted molar refractivity (Wildman–Crippen MR) is 66.4 cm³/mol. The first-order valence-electron chi connectivity index (χ1n) is 5.31. The lowest BCUT2D eigenvalue weighted by atomic mass is 10.1. The van der Waals surface area contributed by atoms with Crippen molar-refractivity contribution in [3.63, 3.8) is 0 Å². The molecule has 1 heterocycles. The van der Waals surface area contributed by atoms with E-state index in [9.17, 15) is 8.42 Å². The molecule has 0 fully saturated rings. The van der Waals surface area contributed by atoms with Crippen molar-refractivity contribution in [2.75, 3.05) is 0 Å². The lowest BCUT2D eigenvalue weighted by Gasteiger charge is -2.11. The second kappa shape index (κ2) is 5.47. The first kappa shape index (κ1) is 12.3. The molecule has 0 saturated carbocycles. The molecule has 1 aromatic heterocycles. The summed E-state index contributed by atoms with van der Waals surface area (Å²) in [5.41, 5.74) is 1.18. The summed E-state index contributed by atoms with van der Waals surface area (Å²) in [6, 6.07) is 10.3. The summed E-state index contributed by atoms with van der Waals surface area (Å²) in [7, 11) is -2.60. The van der Waals surface area contributed by atoms with Crippen molar-refractivity contribution in [3.05, 3.63) is 53.9 Å². The Bertz CT molecular complexity index is 616. The van der Waals surface area contributed by atoms with Gasteiger partial charge in [-0.1, -0.05) is 12.1 Å². The van der Waals surface area contributed by atoms with Crippen LogP contribution in [0.15, 0.2) is 42.7 Å². The largest absolute Gasteiger partial charge is 0.271 e. The van der Waals surface area contributed by atoms with Gasteiger partial charge in [-0.05, 0) is 23.8 Å². The third-order valence-corrected chi connectivity index (χ3v) is 3.57. The van der Waals surface area contributed by atoms with Crippen LogP contribution in [0.4, 0.5) is 0 Å². The van der Waals surface area contributed by atoms with E-state index in [1.807, 2.05) is 6.07 Å². The van der Waals surface area contributed by atoms with Crippen molar-refractivity contribution in [2.45, 2.75) is 11.8 Å². The number of rotatable bonds is 4. The fourth-order valence-electron chi connectivity index (χ4n) is 1.66. The molecule has 0 aliphatic heterocycles. The van der Waals surface area contributed by atoms with Crippen molar-refractivity contribution >= 4 is 10.7 Å².